The highest BCUT2D eigenvalue weighted by Gasteiger charge is 2.30. The maximum Gasteiger partial charge on any atom is 0.275 e. The second-order valence-corrected chi connectivity index (χ2v) is 11.4. The Balaban J connectivity index is 1.36. The zero-order valence-corrected chi connectivity index (χ0v) is 20.7. The fraction of sp³-hybridized carbons (Fsp3) is 0.167. The zero-order chi connectivity index (χ0) is 25.0. The molecule has 0 aliphatic carbocycles. The van der Waals surface area contributed by atoms with Crippen LogP contribution in [0.1, 0.15) is 20.8 Å². The largest absolute Gasteiger partial charge is 0.348 e. The fourth-order valence-corrected chi connectivity index (χ4v) is 5.79. The number of thiophene rings is 1. The highest BCUT2D eigenvalue weighted by atomic mass is 35.5. The molecule has 4 rings (SSSR count). The Morgan fingerprint density at radius 1 is 1.11 bits per heavy atom. The normalized spacial score (nSPS) is 13.6. The van der Waals surface area contributed by atoms with E-state index in [1.54, 1.807) is 12.1 Å². The van der Waals surface area contributed by atoms with Gasteiger partial charge in [-0.2, -0.15) is 0 Å². The van der Waals surface area contributed by atoms with Crippen molar-refractivity contribution < 1.29 is 22.4 Å². The van der Waals surface area contributed by atoms with Crippen molar-refractivity contribution in [3.05, 3.63) is 98.6 Å². The van der Waals surface area contributed by atoms with E-state index < -0.39 is 27.7 Å². The van der Waals surface area contributed by atoms with Crippen LogP contribution in [0.3, 0.4) is 0 Å². The molecule has 0 saturated carbocycles. The van der Waals surface area contributed by atoms with E-state index in [1.807, 2.05) is 30.3 Å². The molecule has 7 nitrogen and oxygen atoms in total. The third kappa shape index (κ3) is 6.27. The molecule has 0 atom stereocenters. The van der Waals surface area contributed by atoms with E-state index in [0.29, 0.717) is 10.9 Å². The number of aryl methyl sites for hydroxylation is 1. The molecule has 35 heavy (non-hydrogen) atoms. The Bertz CT molecular complexity index is 1390. The molecule has 2 N–H and O–H groups in total. The Morgan fingerprint density at radius 2 is 1.89 bits per heavy atom. The molecule has 0 bridgehead atoms. The molecule has 1 aliphatic rings. The number of halogens is 2. The van der Waals surface area contributed by atoms with Crippen molar-refractivity contribution in [2.45, 2.75) is 13.0 Å². The first-order valence-electron chi connectivity index (χ1n) is 10.6. The van der Waals surface area contributed by atoms with Gasteiger partial charge in [0, 0.05) is 23.5 Å². The van der Waals surface area contributed by atoms with E-state index in [9.17, 15) is 22.4 Å². The highest BCUT2D eigenvalue weighted by Crippen LogP contribution is 2.26. The van der Waals surface area contributed by atoms with Gasteiger partial charge >= 0.3 is 0 Å². The smallest absolute Gasteiger partial charge is 0.275 e. The molecule has 182 valence electrons. The molecule has 11 heteroatoms. The van der Waals surface area contributed by atoms with Crippen LogP contribution in [0.25, 0.3) is 0 Å². The Morgan fingerprint density at radius 3 is 2.57 bits per heavy atom. The molecule has 1 aliphatic heterocycles. The van der Waals surface area contributed by atoms with Crippen LogP contribution >= 0.6 is 22.9 Å². The molecule has 2 heterocycles. The highest BCUT2D eigenvalue weighted by molar-refractivity contribution is 7.89. The van der Waals surface area contributed by atoms with Crippen molar-refractivity contribution in [3.8, 4) is 0 Å². The van der Waals surface area contributed by atoms with Crippen LogP contribution in [0.15, 0.2) is 72.4 Å². The van der Waals surface area contributed by atoms with Gasteiger partial charge in [-0.25, -0.2) is 12.8 Å². The van der Waals surface area contributed by atoms with Gasteiger partial charge in [0.05, 0.1) is 15.8 Å². The Labute approximate surface area is 211 Å². The van der Waals surface area contributed by atoms with Crippen LogP contribution in [0, 0.1) is 5.82 Å². The summed E-state index contributed by atoms with van der Waals surface area (Å²) in [7, 11) is -3.80. The average Bonchev–Trinajstić information content (AvgIpc) is 3.42. The molecule has 0 radical (unpaired) electrons. The molecule has 0 saturated heterocycles. The van der Waals surface area contributed by atoms with E-state index in [-0.39, 0.29) is 35.7 Å². The van der Waals surface area contributed by atoms with E-state index in [2.05, 4.69) is 10.0 Å². The van der Waals surface area contributed by atoms with Crippen LogP contribution in [-0.4, -0.2) is 32.5 Å². The first-order chi connectivity index (χ1) is 16.7. The number of carbonyl (C=O) groups is 2. The first-order valence-corrected chi connectivity index (χ1v) is 13.4. The summed E-state index contributed by atoms with van der Waals surface area (Å²) >= 11 is 7.15. The van der Waals surface area contributed by atoms with Crippen molar-refractivity contribution in [1.29, 1.82) is 0 Å². The van der Waals surface area contributed by atoms with Crippen molar-refractivity contribution >= 4 is 50.5 Å². The van der Waals surface area contributed by atoms with Crippen molar-refractivity contribution in [3.63, 3.8) is 0 Å². The number of sulfonamides is 1. The third-order valence-electron chi connectivity index (χ3n) is 5.26. The Kier molecular flexibility index (Phi) is 7.54. The summed E-state index contributed by atoms with van der Waals surface area (Å²) in [4.78, 5) is 27.1. The molecule has 2 amide bonds. The van der Waals surface area contributed by atoms with Gasteiger partial charge in [-0.15, -0.1) is 11.3 Å². The first kappa shape index (κ1) is 24.9. The van der Waals surface area contributed by atoms with Crippen molar-refractivity contribution in [2.75, 3.05) is 17.2 Å². The number of carbonyl (C=O) groups excluding carboxylic acids is 2. The van der Waals surface area contributed by atoms with Crippen molar-refractivity contribution in [2.24, 2.45) is 0 Å². The summed E-state index contributed by atoms with van der Waals surface area (Å²) in [6, 6.07) is 16.5. The second-order valence-electron chi connectivity index (χ2n) is 7.74. The lowest BCUT2D eigenvalue weighted by Crippen LogP contribution is -2.35. The van der Waals surface area contributed by atoms with E-state index >= 15 is 0 Å². The van der Waals surface area contributed by atoms with Gasteiger partial charge in [0.2, 0.25) is 10.0 Å². The number of hydrogen-bond donors (Lipinski definition) is 2. The van der Waals surface area contributed by atoms with Gasteiger partial charge in [-0.1, -0.05) is 41.9 Å². The third-order valence-corrected chi connectivity index (χ3v) is 7.83. The summed E-state index contributed by atoms with van der Waals surface area (Å²) in [5, 5.41) is 2.72. The lowest BCUT2D eigenvalue weighted by atomic mass is 10.1. The molecule has 0 fully saturated rings. The maximum atomic E-state index is 14.8. The molecule has 1 aromatic heterocycles. The minimum Gasteiger partial charge on any atom is -0.348 e. The van der Waals surface area contributed by atoms with Crippen molar-refractivity contribution in [1.82, 2.24) is 10.0 Å². The van der Waals surface area contributed by atoms with Crippen LogP contribution in [0.2, 0.25) is 4.34 Å². The van der Waals surface area contributed by atoms with E-state index in [4.69, 9.17) is 11.6 Å². The van der Waals surface area contributed by atoms with Crippen LogP contribution in [0.5, 0.6) is 0 Å². The van der Waals surface area contributed by atoms with Gasteiger partial charge in [0.1, 0.15) is 11.5 Å². The quantitative estimate of drug-likeness (QED) is 0.436. The molecular formula is C24H21ClFN3O4S2. The lowest BCUT2D eigenvalue weighted by Gasteiger charge is -2.18. The number of nitrogens with zero attached hydrogens (tertiary/aromatic N) is 1. The number of rotatable bonds is 9. The second kappa shape index (κ2) is 10.6. The molecule has 0 spiro atoms. The lowest BCUT2D eigenvalue weighted by molar-refractivity contribution is -0.114. The van der Waals surface area contributed by atoms with Crippen LogP contribution in [0.4, 0.5) is 10.1 Å². The van der Waals surface area contributed by atoms with E-state index in [1.165, 1.54) is 29.5 Å². The Hall–Kier alpha value is -3.21. The minimum absolute atomic E-state index is 0.00626. The number of nitrogens with one attached hydrogen (secondary N) is 2. The fourth-order valence-electron chi connectivity index (χ4n) is 3.48. The standard InChI is InChI=1S/C24H21ClFN3O4S2/c25-22-9-7-18(34-22)11-13-35(32,33)28-20-10-12-29(24(20)31)21-8-6-17(14-19(21)26)23(30)27-15-16-4-2-1-3-5-16/h1-10,14,28H,11-13,15H2,(H,27,30). The topological polar surface area (TPSA) is 95.6 Å². The number of benzene rings is 2. The number of anilines is 1. The zero-order valence-electron chi connectivity index (χ0n) is 18.3. The maximum absolute atomic E-state index is 14.8. The predicted molar refractivity (Wildman–Crippen MR) is 134 cm³/mol. The van der Waals surface area contributed by atoms with Crippen LogP contribution in [-0.2, 0) is 27.8 Å². The number of hydrogen-bond acceptors (Lipinski definition) is 5. The van der Waals surface area contributed by atoms with E-state index in [0.717, 1.165) is 21.4 Å². The van der Waals surface area contributed by atoms with Gasteiger partial charge in [0.25, 0.3) is 11.8 Å². The average molecular weight is 534 g/mol. The summed E-state index contributed by atoms with van der Waals surface area (Å²) in [5.41, 5.74) is 0.823. The summed E-state index contributed by atoms with van der Waals surface area (Å²) in [5.74, 6) is -2.12. The van der Waals surface area contributed by atoms with Gasteiger partial charge in [-0.05, 0) is 48.4 Å². The molecule has 3 aromatic rings. The van der Waals surface area contributed by atoms with Gasteiger partial charge in [0.15, 0.2) is 0 Å². The van der Waals surface area contributed by atoms with Crippen LogP contribution < -0.4 is 14.9 Å². The summed E-state index contributed by atoms with van der Waals surface area (Å²) in [6.45, 7) is 0.286. The SMILES string of the molecule is O=C(NCc1ccccc1)c1ccc(N2CC=C(NS(=O)(=O)CCc3ccc(Cl)s3)C2=O)c(F)c1. The van der Waals surface area contributed by atoms with Gasteiger partial charge in [-0.3, -0.25) is 14.3 Å². The predicted octanol–water partition coefficient (Wildman–Crippen LogP) is 3.86. The number of amides is 2. The molecular weight excluding hydrogens is 513 g/mol. The minimum atomic E-state index is -3.80. The summed E-state index contributed by atoms with van der Waals surface area (Å²) < 4.78 is 42.6. The molecule has 2 aromatic carbocycles. The van der Waals surface area contributed by atoms with Gasteiger partial charge < -0.3 is 10.2 Å². The summed E-state index contributed by atoms with van der Waals surface area (Å²) in [6.07, 6.45) is 1.64. The monoisotopic (exact) mass is 533 g/mol. The molecule has 0 unspecified atom stereocenters.